The van der Waals surface area contributed by atoms with Gasteiger partial charge in [0, 0.05) is 6.04 Å². The molecule has 0 aliphatic heterocycles. The van der Waals surface area contributed by atoms with E-state index in [4.69, 9.17) is 11.6 Å². The number of benzene rings is 1. The Kier molecular flexibility index (Phi) is 3.64. The summed E-state index contributed by atoms with van der Waals surface area (Å²) >= 11 is 5.84. The van der Waals surface area contributed by atoms with Crippen LogP contribution < -0.4 is 5.32 Å². The zero-order valence-corrected chi connectivity index (χ0v) is 10.7. The highest BCUT2D eigenvalue weighted by molar-refractivity contribution is 6.29. The van der Waals surface area contributed by atoms with Crippen LogP contribution in [0.4, 0.5) is 5.82 Å². The fourth-order valence-corrected chi connectivity index (χ4v) is 1.81. The first-order chi connectivity index (χ1) is 8.15. The molecule has 0 fully saturated rings. The average Bonchev–Trinajstić information content (AvgIpc) is 2.29. The molecule has 88 valence electrons. The van der Waals surface area contributed by atoms with Crippen LogP contribution in [0.1, 0.15) is 24.1 Å². The van der Waals surface area contributed by atoms with Crippen LogP contribution in [0.5, 0.6) is 0 Å². The Bertz CT molecular complexity index is 494. The second kappa shape index (κ2) is 5.19. The first-order valence-electron chi connectivity index (χ1n) is 5.61. The van der Waals surface area contributed by atoms with Gasteiger partial charge in [0.2, 0.25) is 0 Å². The van der Waals surface area contributed by atoms with Crippen LogP contribution in [0.15, 0.2) is 42.5 Å². The Labute approximate surface area is 107 Å². The molecule has 1 heterocycles. The third-order valence-corrected chi connectivity index (χ3v) is 2.87. The molecule has 0 saturated heterocycles. The maximum atomic E-state index is 5.84. The largest absolute Gasteiger partial charge is 0.364 e. The van der Waals surface area contributed by atoms with Gasteiger partial charge in [0.05, 0.1) is 0 Å². The predicted molar refractivity (Wildman–Crippen MR) is 72.5 cm³/mol. The van der Waals surface area contributed by atoms with Crippen molar-refractivity contribution in [2.75, 3.05) is 5.32 Å². The molecule has 2 aromatic rings. The molecule has 1 unspecified atom stereocenters. The maximum absolute atomic E-state index is 5.84. The van der Waals surface area contributed by atoms with Crippen molar-refractivity contribution < 1.29 is 0 Å². The van der Waals surface area contributed by atoms with Gasteiger partial charge in [-0.1, -0.05) is 47.5 Å². The van der Waals surface area contributed by atoms with E-state index in [2.05, 4.69) is 48.4 Å². The van der Waals surface area contributed by atoms with E-state index in [9.17, 15) is 0 Å². The minimum Gasteiger partial charge on any atom is -0.364 e. The smallest absolute Gasteiger partial charge is 0.131 e. The summed E-state index contributed by atoms with van der Waals surface area (Å²) in [7, 11) is 0. The van der Waals surface area contributed by atoms with E-state index in [1.165, 1.54) is 11.1 Å². The van der Waals surface area contributed by atoms with Crippen molar-refractivity contribution in [3.63, 3.8) is 0 Å². The summed E-state index contributed by atoms with van der Waals surface area (Å²) in [5.74, 6) is 0.797. The van der Waals surface area contributed by atoms with E-state index < -0.39 is 0 Å². The van der Waals surface area contributed by atoms with E-state index in [1.807, 2.05) is 12.1 Å². The molecule has 1 N–H and O–H groups in total. The third kappa shape index (κ3) is 3.21. The normalized spacial score (nSPS) is 12.2. The zero-order valence-electron chi connectivity index (χ0n) is 9.94. The fourth-order valence-electron chi connectivity index (χ4n) is 1.65. The topological polar surface area (TPSA) is 24.9 Å². The minimum atomic E-state index is 0.210. The van der Waals surface area contributed by atoms with Crippen LogP contribution in [-0.4, -0.2) is 4.98 Å². The number of nitrogens with zero attached hydrogens (tertiary/aromatic N) is 1. The number of aromatic nitrogens is 1. The number of aryl methyl sites for hydroxylation is 1. The van der Waals surface area contributed by atoms with Crippen LogP contribution in [0.25, 0.3) is 0 Å². The van der Waals surface area contributed by atoms with Gasteiger partial charge in [0.1, 0.15) is 11.0 Å². The van der Waals surface area contributed by atoms with E-state index in [0.29, 0.717) is 5.15 Å². The second-order valence-electron chi connectivity index (χ2n) is 4.12. The predicted octanol–water partition coefficient (Wildman–Crippen LogP) is 4.22. The van der Waals surface area contributed by atoms with Crippen molar-refractivity contribution in [2.45, 2.75) is 19.9 Å². The van der Waals surface area contributed by atoms with Gasteiger partial charge in [-0.2, -0.15) is 0 Å². The summed E-state index contributed by atoms with van der Waals surface area (Å²) in [5, 5.41) is 3.83. The molecular formula is C14H15ClN2. The van der Waals surface area contributed by atoms with Gasteiger partial charge in [-0.15, -0.1) is 0 Å². The summed E-state index contributed by atoms with van der Waals surface area (Å²) in [4.78, 5) is 4.21. The first kappa shape index (κ1) is 11.9. The van der Waals surface area contributed by atoms with Crippen molar-refractivity contribution in [3.8, 4) is 0 Å². The zero-order chi connectivity index (χ0) is 12.3. The quantitative estimate of drug-likeness (QED) is 0.821. The third-order valence-electron chi connectivity index (χ3n) is 2.66. The van der Waals surface area contributed by atoms with Crippen LogP contribution in [0.3, 0.4) is 0 Å². The molecule has 0 spiro atoms. The number of hydrogen-bond acceptors (Lipinski definition) is 2. The molecule has 1 atom stereocenters. The monoisotopic (exact) mass is 246 g/mol. The van der Waals surface area contributed by atoms with Crippen LogP contribution in [0.2, 0.25) is 5.15 Å². The fraction of sp³-hybridized carbons (Fsp3) is 0.214. The number of nitrogens with one attached hydrogen (secondary N) is 1. The van der Waals surface area contributed by atoms with Gasteiger partial charge in [-0.25, -0.2) is 4.98 Å². The van der Waals surface area contributed by atoms with E-state index in [0.717, 1.165) is 5.82 Å². The lowest BCUT2D eigenvalue weighted by Crippen LogP contribution is -2.07. The van der Waals surface area contributed by atoms with E-state index >= 15 is 0 Å². The Morgan fingerprint density at radius 3 is 2.47 bits per heavy atom. The molecule has 0 bridgehead atoms. The lowest BCUT2D eigenvalue weighted by molar-refractivity contribution is 0.874. The van der Waals surface area contributed by atoms with Crippen molar-refractivity contribution in [1.82, 2.24) is 4.98 Å². The summed E-state index contributed by atoms with van der Waals surface area (Å²) < 4.78 is 0. The van der Waals surface area contributed by atoms with Crippen LogP contribution in [0, 0.1) is 6.92 Å². The highest BCUT2D eigenvalue weighted by atomic mass is 35.5. The first-order valence-corrected chi connectivity index (χ1v) is 5.98. The Balaban J connectivity index is 2.11. The highest BCUT2D eigenvalue weighted by Crippen LogP contribution is 2.19. The molecule has 0 aliphatic rings. The van der Waals surface area contributed by atoms with E-state index in [1.54, 1.807) is 6.07 Å². The van der Waals surface area contributed by atoms with Gasteiger partial charge in [-0.3, -0.25) is 0 Å². The van der Waals surface area contributed by atoms with Crippen LogP contribution in [-0.2, 0) is 0 Å². The van der Waals surface area contributed by atoms with Gasteiger partial charge >= 0.3 is 0 Å². The van der Waals surface area contributed by atoms with Gasteiger partial charge in [-0.05, 0) is 31.5 Å². The van der Waals surface area contributed by atoms with Crippen molar-refractivity contribution in [2.24, 2.45) is 0 Å². The molecule has 0 aliphatic carbocycles. The minimum absolute atomic E-state index is 0.210. The summed E-state index contributed by atoms with van der Waals surface area (Å²) in [6, 6.07) is 14.2. The van der Waals surface area contributed by atoms with Gasteiger partial charge < -0.3 is 5.32 Å². The van der Waals surface area contributed by atoms with Gasteiger partial charge in [0.25, 0.3) is 0 Å². The summed E-state index contributed by atoms with van der Waals surface area (Å²) in [6.45, 7) is 4.19. The number of hydrogen-bond donors (Lipinski definition) is 1. The number of anilines is 1. The number of pyridine rings is 1. The summed E-state index contributed by atoms with van der Waals surface area (Å²) in [5.41, 5.74) is 2.50. The molecule has 0 amide bonds. The Morgan fingerprint density at radius 1 is 1.12 bits per heavy atom. The molecule has 17 heavy (non-hydrogen) atoms. The molecule has 0 radical (unpaired) electrons. The molecular weight excluding hydrogens is 232 g/mol. The lowest BCUT2D eigenvalue weighted by Gasteiger charge is -2.15. The molecule has 2 rings (SSSR count). The molecule has 0 saturated carbocycles. The van der Waals surface area contributed by atoms with E-state index in [-0.39, 0.29) is 6.04 Å². The maximum Gasteiger partial charge on any atom is 0.131 e. The molecule has 3 heteroatoms. The van der Waals surface area contributed by atoms with Crippen molar-refractivity contribution in [3.05, 3.63) is 58.7 Å². The lowest BCUT2D eigenvalue weighted by atomic mass is 10.1. The van der Waals surface area contributed by atoms with Crippen molar-refractivity contribution >= 4 is 17.4 Å². The number of halogens is 1. The molecule has 1 aromatic heterocycles. The molecule has 1 aromatic carbocycles. The van der Waals surface area contributed by atoms with Crippen LogP contribution >= 0.6 is 11.6 Å². The Hall–Kier alpha value is -1.54. The number of rotatable bonds is 3. The highest BCUT2D eigenvalue weighted by Gasteiger charge is 2.05. The SMILES string of the molecule is Cc1ccc(C(C)Nc2cccc(Cl)n2)cc1. The summed E-state index contributed by atoms with van der Waals surface area (Å²) in [6.07, 6.45) is 0. The van der Waals surface area contributed by atoms with Crippen molar-refractivity contribution in [1.29, 1.82) is 0 Å². The Morgan fingerprint density at radius 2 is 1.82 bits per heavy atom. The standard InChI is InChI=1S/C14H15ClN2/c1-10-6-8-12(9-7-10)11(2)16-14-5-3-4-13(15)17-14/h3-9,11H,1-2H3,(H,16,17). The second-order valence-corrected chi connectivity index (χ2v) is 4.51. The average molecular weight is 247 g/mol. The van der Waals surface area contributed by atoms with Gasteiger partial charge in [0.15, 0.2) is 0 Å². The molecule has 2 nitrogen and oxygen atoms in total.